The molecule has 1 aromatic rings. The SMILES string of the molecule is c1ccc(SO[C@H]2C[C@H]3CC[C@@H]2C3)cc1. The van der Waals surface area contributed by atoms with Crippen LogP contribution < -0.4 is 0 Å². The molecule has 0 unspecified atom stereocenters. The molecule has 3 rings (SSSR count). The molecule has 2 aliphatic rings. The summed E-state index contributed by atoms with van der Waals surface area (Å²) in [6.07, 6.45) is 6.07. The van der Waals surface area contributed by atoms with Crippen molar-refractivity contribution >= 4 is 12.0 Å². The Kier molecular flexibility index (Phi) is 2.72. The van der Waals surface area contributed by atoms with Crippen LogP contribution in [-0.4, -0.2) is 6.10 Å². The van der Waals surface area contributed by atoms with Crippen LogP contribution in [0.4, 0.5) is 0 Å². The van der Waals surface area contributed by atoms with E-state index in [1.807, 2.05) is 6.07 Å². The van der Waals surface area contributed by atoms with E-state index >= 15 is 0 Å². The molecule has 0 spiro atoms. The molecular formula is C13H16OS. The largest absolute Gasteiger partial charge is 0.307 e. The van der Waals surface area contributed by atoms with Gasteiger partial charge in [-0.15, -0.1) is 0 Å². The lowest BCUT2D eigenvalue weighted by Crippen LogP contribution is -2.17. The second-order valence-corrected chi connectivity index (χ2v) is 5.54. The van der Waals surface area contributed by atoms with E-state index in [1.54, 1.807) is 12.0 Å². The molecule has 2 aliphatic carbocycles. The van der Waals surface area contributed by atoms with Gasteiger partial charge in [-0.05, 0) is 49.7 Å². The highest BCUT2D eigenvalue weighted by Gasteiger charge is 2.40. The Balaban J connectivity index is 1.55. The predicted molar refractivity (Wildman–Crippen MR) is 62.6 cm³/mol. The summed E-state index contributed by atoms with van der Waals surface area (Å²) in [6, 6.07) is 10.4. The Morgan fingerprint density at radius 2 is 1.93 bits per heavy atom. The first-order chi connectivity index (χ1) is 7.42. The van der Waals surface area contributed by atoms with Gasteiger partial charge >= 0.3 is 0 Å². The van der Waals surface area contributed by atoms with Crippen LogP contribution >= 0.6 is 12.0 Å². The predicted octanol–water partition coefficient (Wildman–Crippen LogP) is 3.90. The topological polar surface area (TPSA) is 9.23 Å². The van der Waals surface area contributed by atoms with Gasteiger partial charge in [0.1, 0.15) is 0 Å². The summed E-state index contributed by atoms with van der Waals surface area (Å²) >= 11 is 1.56. The molecule has 0 heterocycles. The maximum Gasteiger partial charge on any atom is 0.0757 e. The molecular weight excluding hydrogens is 204 g/mol. The second kappa shape index (κ2) is 4.18. The highest BCUT2D eigenvalue weighted by atomic mass is 32.2. The molecule has 0 saturated heterocycles. The summed E-state index contributed by atoms with van der Waals surface area (Å²) in [6.45, 7) is 0. The van der Waals surface area contributed by atoms with Crippen LogP contribution in [0.2, 0.25) is 0 Å². The van der Waals surface area contributed by atoms with Crippen LogP contribution in [-0.2, 0) is 4.18 Å². The molecule has 3 atom stereocenters. The van der Waals surface area contributed by atoms with Crippen molar-refractivity contribution in [1.29, 1.82) is 0 Å². The average molecular weight is 220 g/mol. The Hall–Kier alpha value is -0.470. The highest BCUT2D eigenvalue weighted by molar-refractivity contribution is 7.94. The third kappa shape index (κ3) is 2.06. The van der Waals surface area contributed by atoms with Gasteiger partial charge < -0.3 is 4.18 Å². The smallest absolute Gasteiger partial charge is 0.0757 e. The maximum absolute atomic E-state index is 5.94. The zero-order chi connectivity index (χ0) is 10.1. The van der Waals surface area contributed by atoms with Crippen LogP contribution in [0.15, 0.2) is 35.2 Å². The lowest BCUT2D eigenvalue weighted by atomic mass is 9.98. The molecule has 2 saturated carbocycles. The van der Waals surface area contributed by atoms with Crippen molar-refractivity contribution in [2.75, 3.05) is 0 Å². The molecule has 0 radical (unpaired) electrons. The summed E-state index contributed by atoms with van der Waals surface area (Å²) in [5.74, 6) is 1.82. The molecule has 2 fully saturated rings. The first-order valence-electron chi connectivity index (χ1n) is 5.80. The highest BCUT2D eigenvalue weighted by Crippen LogP contribution is 2.47. The van der Waals surface area contributed by atoms with Crippen molar-refractivity contribution in [2.24, 2.45) is 11.8 Å². The van der Waals surface area contributed by atoms with Gasteiger partial charge in [0.2, 0.25) is 0 Å². The number of hydrogen-bond acceptors (Lipinski definition) is 2. The molecule has 1 aromatic carbocycles. The van der Waals surface area contributed by atoms with Gasteiger partial charge in [-0.1, -0.05) is 18.2 Å². The fourth-order valence-electron chi connectivity index (χ4n) is 2.90. The molecule has 0 aliphatic heterocycles. The van der Waals surface area contributed by atoms with E-state index in [9.17, 15) is 0 Å². The Morgan fingerprint density at radius 3 is 2.60 bits per heavy atom. The van der Waals surface area contributed by atoms with Gasteiger partial charge in [0.25, 0.3) is 0 Å². The van der Waals surface area contributed by atoms with E-state index in [4.69, 9.17) is 4.18 Å². The first-order valence-corrected chi connectivity index (χ1v) is 6.54. The van der Waals surface area contributed by atoms with Crippen LogP contribution in [0.1, 0.15) is 25.7 Å². The van der Waals surface area contributed by atoms with Crippen molar-refractivity contribution in [1.82, 2.24) is 0 Å². The third-order valence-electron chi connectivity index (χ3n) is 3.68. The van der Waals surface area contributed by atoms with Gasteiger partial charge in [0.15, 0.2) is 0 Å². The van der Waals surface area contributed by atoms with Crippen molar-refractivity contribution in [3.05, 3.63) is 30.3 Å². The molecule has 0 amide bonds. The van der Waals surface area contributed by atoms with E-state index < -0.39 is 0 Å². The fourth-order valence-corrected chi connectivity index (χ4v) is 3.64. The van der Waals surface area contributed by atoms with Crippen LogP contribution in [0, 0.1) is 11.8 Å². The van der Waals surface area contributed by atoms with Crippen LogP contribution in [0.25, 0.3) is 0 Å². The molecule has 2 bridgehead atoms. The standard InChI is InChI=1S/C13H16OS/c1-2-4-12(5-3-1)15-14-13-9-10-6-7-11(13)8-10/h1-5,10-11,13H,6-9H2/t10-,11+,13-/m0/s1. The van der Waals surface area contributed by atoms with Crippen molar-refractivity contribution in [2.45, 2.75) is 36.7 Å². The summed E-state index contributed by atoms with van der Waals surface area (Å²) < 4.78 is 5.94. The van der Waals surface area contributed by atoms with E-state index in [1.165, 1.54) is 30.6 Å². The zero-order valence-electron chi connectivity index (χ0n) is 8.76. The quantitative estimate of drug-likeness (QED) is 0.714. The van der Waals surface area contributed by atoms with E-state index in [-0.39, 0.29) is 0 Å². The van der Waals surface area contributed by atoms with Gasteiger partial charge in [0, 0.05) is 16.9 Å². The fraction of sp³-hybridized carbons (Fsp3) is 0.538. The minimum atomic E-state index is 0.522. The average Bonchev–Trinajstić information content (AvgIpc) is 2.89. The normalized spacial score (nSPS) is 33.5. The third-order valence-corrected chi connectivity index (χ3v) is 4.49. The zero-order valence-corrected chi connectivity index (χ0v) is 9.58. The summed E-state index contributed by atoms with van der Waals surface area (Å²) in [7, 11) is 0. The number of rotatable bonds is 3. The van der Waals surface area contributed by atoms with Crippen LogP contribution in [0.5, 0.6) is 0 Å². The summed E-state index contributed by atoms with van der Waals surface area (Å²) in [4.78, 5) is 1.22. The van der Waals surface area contributed by atoms with Crippen molar-refractivity contribution < 1.29 is 4.18 Å². The Labute approximate surface area is 95.4 Å². The minimum absolute atomic E-state index is 0.522. The lowest BCUT2D eigenvalue weighted by Gasteiger charge is -2.20. The maximum atomic E-state index is 5.94. The van der Waals surface area contributed by atoms with E-state index in [2.05, 4.69) is 24.3 Å². The Bertz CT molecular complexity index is 325. The molecule has 15 heavy (non-hydrogen) atoms. The number of fused-ring (bicyclic) bond motifs is 2. The lowest BCUT2D eigenvalue weighted by molar-refractivity contribution is 0.167. The van der Waals surface area contributed by atoms with E-state index in [0.29, 0.717) is 6.10 Å². The molecule has 1 nitrogen and oxygen atoms in total. The van der Waals surface area contributed by atoms with Crippen LogP contribution in [0.3, 0.4) is 0 Å². The molecule has 80 valence electrons. The summed E-state index contributed by atoms with van der Waals surface area (Å²) in [5.41, 5.74) is 0. The first kappa shape index (κ1) is 9.73. The Morgan fingerprint density at radius 1 is 1.07 bits per heavy atom. The van der Waals surface area contributed by atoms with Crippen molar-refractivity contribution in [3.63, 3.8) is 0 Å². The molecule has 0 N–H and O–H groups in total. The second-order valence-electron chi connectivity index (χ2n) is 4.71. The number of benzene rings is 1. The summed E-state index contributed by atoms with van der Waals surface area (Å²) in [5, 5.41) is 0. The monoisotopic (exact) mass is 220 g/mol. The molecule has 0 aromatic heterocycles. The minimum Gasteiger partial charge on any atom is -0.307 e. The van der Waals surface area contributed by atoms with Gasteiger partial charge in [0.05, 0.1) is 6.10 Å². The van der Waals surface area contributed by atoms with Crippen molar-refractivity contribution in [3.8, 4) is 0 Å². The van der Waals surface area contributed by atoms with Gasteiger partial charge in [-0.3, -0.25) is 0 Å². The van der Waals surface area contributed by atoms with Gasteiger partial charge in [-0.25, -0.2) is 0 Å². The number of hydrogen-bond donors (Lipinski definition) is 0. The van der Waals surface area contributed by atoms with Gasteiger partial charge in [-0.2, -0.15) is 0 Å². The van der Waals surface area contributed by atoms with E-state index in [0.717, 1.165) is 11.8 Å². The molecule has 2 heteroatoms.